The topological polar surface area (TPSA) is 40.5 Å². The van der Waals surface area contributed by atoms with Crippen LogP contribution in [-0.4, -0.2) is 40.6 Å². The first-order chi connectivity index (χ1) is 17.7. The first kappa shape index (κ1) is 33.7. The summed E-state index contributed by atoms with van der Waals surface area (Å²) in [5.41, 5.74) is 1.88. The zero-order valence-corrected chi connectivity index (χ0v) is 28.6. The minimum absolute atomic E-state index is 0.0333. The lowest BCUT2D eigenvalue weighted by molar-refractivity contribution is -0.173. The SMILES string of the molecule is CCCCc1cc(C(C)(c2ccc(O)c(CCC[Si](C)(C)C[Si](C)(C)C[Si](C)(C)C)c2)C(F)(F)F)ccc1O. The van der Waals surface area contributed by atoms with Gasteiger partial charge in [-0.2, -0.15) is 13.2 Å². The van der Waals surface area contributed by atoms with Gasteiger partial charge in [-0.25, -0.2) is 0 Å². The maximum absolute atomic E-state index is 14.8. The molecule has 0 amide bonds. The van der Waals surface area contributed by atoms with Gasteiger partial charge >= 0.3 is 6.18 Å². The number of aryl methyl sites for hydroxylation is 2. The van der Waals surface area contributed by atoms with Crippen molar-refractivity contribution in [3.63, 3.8) is 0 Å². The second kappa shape index (κ2) is 12.6. The average Bonchev–Trinajstić information content (AvgIpc) is 2.75. The Bertz CT molecular complexity index is 1110. The zero-order valence-electron chi connectivity index (χ0n) is 25.6. The van der Waals surface area contributed by atoms with Gasteiger partial charge in [0, 0.05) is 24.2 Å². The molecule has 1 unspecified atom stereocenters. The summed E-state index contributed by atoms with van der Waals surface area (Å²) >= 11 is 0. The van der Waals surface area contributed by atoms with Crippen LogP contribution in [0.4, 0.5) is 13.2 Å². The Balaban J connectivity index is 2.32. The van der Waals surface area contributed by atoms with Crippen LogP contribution in [0.15, 0.2) is 36.4 Å². The quantitative estimate of drug-likeness (QED) is 0.226. The highest BCUT2D eigenvalue weighted by Gasteiger charge is 2.53. The summed E-state index contributed by atoms with van der Waals surface area (Å²) in [6.07, 6.45) is -0.905. The molecule has 2 aromatic carbocycles. The van der Waals surface area contributed by atoms with E-state index in [1.807, 2.05) is 6.92 Å². The number of halogens is 3. The highest BCUT2D eigenvalue weighted by atomic mass is 28.4. The molecule has 0 saturated carbocycles. The molecular weight excluding hydrogens is 546 g/mol. The van der Waals surface area contributed by atoms with Gasteiger partial charge in [0.05, 0.1) is 0 Å². The molecule has 0 fully saturated rings. The fraction of sp³-hybridized carbons (Fsp3) is 0.613. The van der Waals surface area contributed by atoms with Crippen LogP contribution in [0.1, 0.15) is 55.4 Å². The van der Waals surface area contributed by atoms with Gasteiger partial charge in [0.1, 0.15) is 16.9 Å². The molecule has 2 rings (SSSR count). The number of alkyl halides is 3. The number of benzene rings is 2. The summed E-state index contributed by atoms with van der Waals surface area (Å²) in [5.74, 6) is 0.0940. The third-order valence-corrected chi connectivity index (χ3v) is 25.4. The predicted octanol–water partition coefficient (Wildman–Crippen LogP) is 10.1. The van der Waals surface area contributed by atoms with E-state index in [0.717, 1.165) is 25.3 Å². The zero-order chi connectivity index (χ0) is 29.9. The Morgan fingerprint density at radius 1 is 0.692 bits per heavy atom. The number of unbranched alkanes of at least 4 members (excludes halogenated alkanes) is 1. The lowest BCUT2D eigenvalue weighted by Gasteiger charge is -2.36. The van der Waals surface area contributed by atoms with E-state index in [0.29, 0.717) is 24.0 Å². The Morgan fingerprint density at radius 2 is 1.15 bits per heavy atom. The minimum Gasteiger partial charge on any atom is -0.508 e. The average molecular weight is 597 g/mol. The van der Waals surface area contributed by atoms with Crippen molar-refractivity contribution < 1.29 is 23.4 Å². The van der Waals surface area contributed by atoms with E-state index in [1.165, 1.54) is 48.6 Å². The summed E-state index contributed by atoms with van der Waals surface area (Å²) in [7, 11) is -3.88. The second-order valence-corrected chi connectivity index (χ2v) is 31.6. The van der Waals surface area contributed by atoms with Crippen LogP contribution in [0, 0.1) is 0 Å². The van der Waals surface area contributed by atoms with Crippen LogP contribution in [0.25, 0.3) is 0 Å². The molecule has 2 nitrogen and oxygen atoms in total. The summed E-state index contributed by atoms with van der Waals surface area (Å²) in [5, 5.41) is 20.9. The smallest absolute Gasteiger partial charge is 0.402 e. The minimum atomic E-state index is -4.55. The largest absolute Gasteiger partial charge is 0.508 e. The van der Waals surface area contributed by atoms with Crippen LogP contribution in [0.2, 0.25) is 63.2 Å². The Labute approximate surface area is 238 Å². The highest BCUT2D eigenvalue weighted by Crippen LogP contribution is 2.48. The normalized spacial score (nSPS) is 14.9. The first-order valence-electron chi connectivity index (χ1n) is 14.4. The van der Waals surface area contributed by atoms with Gasteiger partial charge in [-0.1, -0.05) is 107 Å². The molecule has 0 aliphatic carbocycles. The van der Waals surface area contributed by atoms with Crippen molar-refractivity contribution >= 4 is 24.2 Å². The highest BCUT2D eigenvalue weighted by molar-refractivity contribution is 7.02. The van der Waals surface area contributed by atoms with E-state index in [9.17, 15) is 23.4 Å². The summed E-state index contributed by atoms with van der Waals surface area (Å²) in [6, 6.07) is 9.74. The van der Waals surface area contributed by atoms with Gasteiger partial charge in [0.2, 0.25) is 0 Å². The van der Waals surface area contributed by atoms with Gasteiger partial charge in [-0.05, 0) is 60.6 Å². The third-order valence-electron chi connectivity index (χ3n) is 7.95. The molecule has 8 heteroatoms. The standard InChI is InChI=1S/C31H51F3O2Si3/c1-10-11-13-24-20-26(15-17-28(24)35)30(2,31(32,33)34)27-16-18-29(36)25(21-27)14-12-19-38(6,7)23-39(8,9)22-37(3,4)5/h15-18,20-21,35-36H,10-14,19,22-23H2,1-9H3. The van der Waals surface area contributed by atoms with E-state index in [1.54, 1.807) is 6.07 Å². The molecule has 0 aliphatic heterocycles. The number of phenols is 2. The lowest BCUT2D eigenvalue weighted by Crippen LogP contribution is -2.44. The van der Waals surface area contributed by atoms with Crippen molar-refractivity contribution in [3.05, 3.63) is 58.7 Å². The molecular formula is C31H51F3O2Si3. The molecule has 39 heavy (non-hydrogen) atoms. The van der Waals surface area contributed by atoms with Crippen LogP contribution in [-0.2, 0) is 18.3 Å². The summed E-state index contributed by atoms with van der Waals surface area (Å²) < 4.78 is 44.3. The van der Waals surface area contributed by atoms with Crippen LogP contribution in [0.3, 0.4) is 0 Å². The van der Waals surface area contributed by atoms with Crippen molar-refractivity contribution in [2.75, 3.05) is 0 Å². The Hall–Kier alpha value is -1.52. The third kappa shape index (κ3) is 9.25. The molecule has 220 valence electrons. The molecule has 2 aromatic rings. The van der Waals surface area contributed by atoms with Crippen molar-refractivity contribution in [3.8, 4) is 11.5 Å². The fourth-order valence-corrected chi connectivity index (χ4v) is 32.0. The second-order valence-electron chi connectivity index (χ2n) is 14.5. The Kier molecular flexibility index (Phi) is 10.8. The molecule has 2 N–H and O–H groups in total. The number of hydrogen-bond donors (Lipinski definition) is 2. The van der Waals surface area contributed by atoms with Crippen LogP contribution >= 0.6 is 0 Å². The predicted molar refractivity (Wildman–Crippen MR) is 168 cm³/mol. The van der Waals surface area contributed by atoms with Gasteiger partial charge in [0.15, 0.2) is 0 Å². The van der Waals surface area contributed by atoms with Crippen molar-refractivity contribution in [1.29, 1.82) is 0 Å². The molecule has 0 spiro atoms. The number of phenolic OH excluding ortho intramolecular Hbond substituents is 2. The number of hydrogen-bond acceptors (Lipinski definition) is 2. The van der Waals surface area contributed by atoms with Crippen molar-refractivity contribution in [2.45, 2.75) is 121 Å². The molecule has 0 heterocycles. The molecule has 0 saturated heterocycles. The van der Waals surface area contributed by atoms with E-state index in [4.69, 9.17) is 0 Å². The van der Waals surface area contributed by atoms with Crippen molar-refractivity contribution in [1.82, 2.24) is 0 Å². The van der Waals surface area contributed by atoms with Crippen molar-refractivity contribution in [2.24, 2.45) is 0 Å². The molecule has 0 radical (unpaired) electrons. The molecule has 1 atom stereocenters. The maximum atomic E-state index is 14.8. The van der Waals surface area contributed by atoms with Gasteiger partial charge < -0.3 is 10.2 Å². The van der Waals surface area contributed by atoms with E-state index >= 15 is 0 Å². The van der Waals surface area contributed by atoms with E-state index in [-0.39, 0.29) is 22.6 Å². The molecule has 0 aliphatic rings. The van der Waals surface area contributed by atoms with Gasteiger partial charge in [-0.3, -0.25) is 0 Å². The number of rotatable bonds is 13. The monoisotopic (exact) mass is 596 g/mol. The van der Waals surface area contributed by atoms with E-state index in [2.05, 4.69) is 45.8 Å². The van der Waals surface area contributed by atoms with Gasteiger partial charge in [0.25, 0.3) is 0 Å². The number of aromatic hydroxyl groups is 2. The first-order valence-corrected chi connectivity index (χ1v) is 25.0. The summed E-state index contributed by atoms with van der Waals surface area (Å²) in [4.78, 5) is 0. The van der Waals surface area contributed by atoms with Crippen LogP contribution in [0.5, 0.6) is 11.5 Å². The summed E-state index contributed by atoms with van der Waals surface area (Å²) in [6.45, 7) is 20.5. The maximum Gasteiger partial charge on any atom is 0.402 e. The Morgan fingerprint density at radius 3 is 1.56 bits per heavy atom. The van der Waals surface area contributed by atoms with Gasteiger partial charge in [-0.15, -0.1) is 0 Å². The lowest BCUT2D eigenvalue weighted by atomic mass is 9.74. The fourth-order valence-electron chi connectivity index (χ4n) is 6.69. The van der Waals surface area contributed by atoms with Crippen LogP contribution < -0.4 is 0 Å². The molecule has 0 bridgehead atoms. The van der Waals surface area contributed by atoms with E-state index < -0.39 is 35.8 Å². The molecule has 0 aromatic heterocycles.